The molecule has 4 saturated heterocycles. The number of carbonyl (C=O) groups excluding carboxylic acids is 3. The van der Waals surface area contributed by atoms with Crippen LogP contribution in [0, 0.1) is 35.0 Å². The van der Waals surface area contributed by atoms with E-state index >= 15 is 26.3 Å². The van der Waals surface area contributed by atoms with E-state index in [0.29, 0.717) is 69.8 Å². The largest absolute Gasteiger partial charge is 0.382 e. The maximum Gasteiger partial charge on any atom is 0.317 e. The van der Waals surface area contributed by atoms with Gasteiger partial charge >= 0.3 is 18.1 Å². The Hall–Kier alpha value is -5.77. The highest BCUT2D eigenvalue weighted by Crippen LogP contribution is 2.48. The van der Waals surface area contributed by atoms with Crippen molar-refractivity contribution in [2.45, 2.75) is 140 Å². The van der Waals surface area contributed by atoms with Crippen LogP contribution < -0.4 is 16.0 Å². The van der Waals surface area contributed by atoms with Gasteiger partial charge in [0.05, 0.1) is 35.1 Å². The Morgan fingerprint density at radius 2 is 0.828 bits per heavy atom. The molecule has 19 nitrogen and oxygen atoms in total. The Morgan fingerprint density at radius 3 is 1.14 bits per heavy atom. The van der Waals surface area contributed by atoms with Gasteiger partial charge in [0.15, 0.2) is 0 Å². The molecule has 4 aliphatic heterocycles. The number of alkyl halides is 6. The molecule has 512 valence electrons. The minimum Gasteiger partial charge on any atom is -0.382 e. The summed E-state index contributed by atoms with van der Waals surface area (Å²) in [6, 6.07) is 8.15. The number of piperidine rings is 3. The lowest BCUT2D eigenvalue weighted by molar-refractivity contribution is -0.159. The number of halogens is 9. The molecule has 6 amide bonds. The predicted octanol–water partition coefficient (Wildman–Crippen LogP) is 12.7. The molecular formula is C64H85Cl3F6N12O7S. The number of rotatable bonds is 14. The van der Waals surface area contributed by atoms with E-state index in [4.69, 9.17) is 34.8 Å². The second-order valence-electron chi connectivity index (χ2n) is 26.9. The second-order valence-corrected chi connectivity index (χ2v) is 31.0. The third-order valence-electron chi connectivity index (χ3n) is 19.0. The van der Waals surface area contributed by atoms with Crippen molar-refractivity contribution in [3.63, 3.8) is 0 Å². The van der Waals surface area contributed by atoms with Gasteiger partial charge in [0.1, 0.15) is 18.3 Å². The molecule has 11 rings (SSSR count). The number of likely N-dealkylation sites (tertiary alicyclic amines) is 3. The molecule has 93 heavy (non-hydrogen) atoms. The van der Waals surface area contributed by atoms with Crippen molar-refractivity contribution in [3.8, 4) is 0 Å². The van der Waals surface area contributed by atoms with E-state index in [1.54, 1.807) is 32.9 Å². The molecule has 7 heterocycles. The SMILES string of the molecule is C=S1(=O)CCC(CNC(=O)N2CCC(C(F)(F)C(O)c3cc(Cl)cc4cn[nH]c34)CC2)CC1.CC(C)(C)CNC(=O)N1CCC(C(F)(F)C(O)c2cc(Cl)cc3cn[nH]c23)CC1.O=C(NCC1CCCCC1)N1CCC(C(F)(F)C(O)c2cc(Cl)cc3cn[nH]c23)CC1. The van der Waals surface area contributed by atoms with Crippen LogP contribution in [0.3, 0.4) is 0 Å². The second kappa shape index (κ2) is 30.1. The fourth-order valence-electron chi connectivity index (χ4n) is 13.2. The van der Waals surface area contributed by atoms with Crippen molar-refractivity contribution in [1.29, 1.82) is 0 Å². The standard InChI is InChI=1S/C22H29ClF2N4O3S.C22H29ClF2N4O2.C20H27ClF2N4O2/c1-33(32)8-4-14(5-9-33)12-26-21(31)29-6-2-16(3-7-29)22(24,25)20(30)18-11-17(23)10-15-13-27-28-19(15)18;23-17-10-15-13-27-28-19(15)18(11-17)20(30)22(24,25)16-6-8-29(9-7-16)21(31)26-12-14-4-2-1-3-5-14;1-19(2,3)11-24-18(29)27-6-4-13(5-7-27)20(22,23)17(28)15-9-14(21)8-12-10-25-26-16(12)15/h10-11,13-14,16,20,30H,1-9,12H2,(H,26,31)(H,27,28);10-11,13-14,16,20,30H,1-9,12H2,(H,26,31)(H,27,28);8-10,13,17,28H,4-7,11H2,1-3H3,(H,24,29)(H,25,26). The highest BCUT2D eigenvalue weighted by atomic mass is 35.5. The molecular weight excluding hydrogens is 1300 g/mol. The van der Waals surface area contributed by atoms with Gasteiger partial charge in [0.2, 0.25) is 0 Å². The first kappa shape index (κ1) is 71.5. The third kappa shape index (κ3) is 17.6. The van der Waals surface area contributed by atoms with Crippen molar-refractivity contribution in [1.82, 2.24) is 61.2 Å². The Labute approximate surface area is 552 Å². The Kier molecular flexibility index (Phi) is 23.2. The first-order valence-electron chi connectivity index (χ1n) is 31.9. The fourth-order valence-corrected chi connectivity index (χ4v) is 15.7. The van der Waals surface area contributed by atoms with E-state index in [2.05, 4.69) is 52.4 Å². The van der Waals surface area contributed by atoms with E-state index in [0.717, 1.165) is 25.7 Å². The first-order valence-corrected chi connectivity index (χ1v) is 35.1. The topological polar surface area (TPSA) is 261 Å². The third-order valence-corrected chi connectivity index (χ3v) is 21.6. The van der Waals surface area contributed by atoms with E-state index in [9.17, 15) is 33.9 Å². The molecule has 3 aromatic heterocycles. The van der Waals surface area contributed by atoms with E-state index in [1.165, 1.54) is 56.1 Å². The van der Waals surface area contributed by atoms with Crippen molar-refractivity contribution in [2.75, 3.05) is 70.4 Å². The molecule has 5 aliphatic rings. The maximum atomic E-state index is 15.3. The number of fused-ring (bicyclic) bond motifs is 3. The first-order chi connectivity index (χ1) is 43.9. The van der Waals surface area contributed by atoms with Crippen molar-refractivity contribution >= 4 is 101 Å². The van der Waals surface area contributed by atoms with E-state index < -0.39 is 63.4 Å². The monoisotopic (exact) mass is 1380 g/mol. The Bertz CT molecular complexity index is 3620. The fraction of sp³-hybridized carbons (Fsp3) is 0.609. The van der Waals surface area contributed by atoms with Gasteiger partial charge in [-0.05, 0) is 133 Å². The molecule has 1 saturated carbocycles. The molecule has 29 heteroatoms. The molecule has 6 aromatic rings. The minimum absolute atomic E-state index is 0.0128. The average Bonchev–Trinajstić information content (AvgIpc) is 1.78. The highest BCUT2D eigenvalue weighted by Gasteiger charge is 2.52. The van der Waals surface area contributed by atoms with Gasteiger partial charge in [-0.25, -0.2) is 40.7 Å². The van der Waals surface area contributed by atoms with Crippen LogP contribution in [-0.4, -0.2) is 177 Å². The Balaban J connectivity index is 0.000000165. The number of carbonyl (C=O) groups is 3. The van der Waals surface area contributed by atoms with Gasteiger partial charge in [-0.3, -0.25) is 19.5 Å². The summed E-state index contributed by atoms with van der Waals surface area (Å²) in [4.78, 5) is 41.9. The van der Waals surface area contributed by atoms with Crippen LogP contribution in [0.4, 0.5) is 40.7 Å². The van der Waals surface area contributed by atoms with Crippen molar-refractivity contribution < 1.29 is 60.3 Å². The molecule has 1 aliphatic carbocycles. The van der Waals surface area contributed by atoms with Crippen LogP contribution in [0.2, 0.25) is 15.1 Å². The summed E-state index contributed by atoms with van der Waals surface area (Å²) >= 11 is 18.1. The summed E-state index contributed by atoms with van der Waals surface area (Å²) in [6.45, 7) is 8.98. The summed E-state index contributed by atoms with van der Waals surface area (Å²) in [5.74, 6) is -7.56. The van der Waals surface area contributed by atoms with Crippen LogP contribution in [0.25, 0.3) is 32.7 Å². The molecule has 9 N–H and O–H groups in total. The highest BCUT2D eigenvalue weighted by molar-refractivity contribution is 8.00. The number of nitrogens with one attached hydrogen (secondary N) is 6. The van der Waals surface area contributed by atoms with Gasteiger partial charge in [-0.2, -0.15) is 15.3 Å². The van der Waals surface area contributed by atoms with Crippen LogP contribution in [-0.2, 0) is 9.52 Å². The van der Waals surface area contributed by atoms with Gasteiger partial charge < -0.3 is 46.0 Å². The maximum absolute atomic E-state index is 15.3. The molecule has 3 unspecified atom stereocenters. The average molecular weight is 1390 g/mol. The molecule has 0 bridgehead atoms. The number of aromatic nitrogens is 6. The molecule has 0 spiro atoms. The van der Waals surface area contributed by atoms with Crippen LogP contribution in [0.15, 0.2) is 55.0 Å². The normalized spacial score (nSPS) is 21.4. The van der Waals surface area contributed by atoms with Crippen LogP contribution >= 0.6 is 34.8 Å². The number of hydrogen-bond acceptors (Lipinski definition) is 10. The summed E-state index contributed by atoms with van der Waals surface area (Å²) < 4.78 is 103. The quantitative estimate of drug-likeness (QED) is 0.0368. The van der Waals surface area contributed by atoms with E-state index in [-0.39, 0.29) is 139 Å². The van der Waals surface area contributed by atoms with E-state index in [1.807, 2.05) is 20.8 Å². The van der Waals surface area contributed by atoms with Crippen molar-refractivity contribution in [2.24, 2.45) is 35.0 Å². The summed E-state index contributed by atoms with van der Waals surface area (Å²) in [5, 5.41) is 62.5. The smallest absolute Gasteiger partial charge is 0.317 e. The van der Waals surface area contributed by atoms with Crippen LogP contribution in [0.1, 0.15) is 139 Å². The summed E-state index contributed by atoms with van der Waals surface area (Å²) in [5.41, 5.74) is 1.06. The predicted molar refractivity (Wildman–Crippen MR) is 350 cm³/mol. The number of amides is 6. The van der Waals surface area contributed by atoms with Gasteiger partial charge in [0, 0.05) is 136 Å². The number of H-pyrrole nitrogens is 3. The zero-order chi connectivity index (χ0) is 67.2. The lowest BCUT2D eigenvalue weighted by atomic mass is 9.85. The number of hydrogen-bond donors (Lipinski definition) is 9. The van der Waals surface area contributed by atoms with Crippen LogP contribution in [0.5, 0.6) is 0 Å². The number of urea groups is 3. The lowest BCUT2D eigenvalue weighted by Crippen LogP contribution is -2.49. The lowest BCUT2D eigenvalue weighted by Gasteiger charge is -2.38. The van der Waals surface area contributed by atoms with Gasteiger partial charge in [-0.1, -0.05) is 74.8 Å². The molecule has 0 radical (unpaired) electrons. The summed E-state index contributed by atoms with van der Waals surface area (Å²) in [6.07, 6.45) is 6.50. The van der Waals surface area contributed by atoms with Crippen molar-refractivity contribution in [3.05, 3.63) is 86.7 Å². The number of nitrogens with zero attached hydrogens (tertiary/aromatic N) is 6. The molecule has 3 atom stereocenters. The van der Waals surface area contributed by atoms with Gasteiger partial charge in [0.25, 0.3) is 17.8 Å². The zero-order valence-electron chi connectivity index (χ0n) is 52.5. The molecule has 3 aromatic carbocycles. The zero-order valence-corrected chi connectivity index (χ0v) is 55.5. The Morgan fingerprint density at radius 1 is 0.527 bits per heavy atom. The summed E-state index contributed by atoms with van der Waals surface area (Å²) in [7, 11) is -1.96. The van der Waals surface area contributed by atoms with Gasteiger partial charge in [-0.15, -0.1) is 0 Å². The number of benzene rings is 3. The minimum atomic E-state index is -3.39. The molecule has 5 fully saturated rings. The number of aliphatic hydroxyl groups is 3. The number of aliphatic hydroxyl groups excluding tert-OH is 3. The number of aromatic amines is 3.